The third-order valence-corrected chi connectivity index (χ3v) is 5.25. The zero-order valence-corrected chi connectivity index (χ0v) is 17.3. The van der Waals surface area contributed by atoms with E-state index in [1.54, 1.807) is 37.4 Å². The normalized spacial score (nSPS) is 17.5. The summed E-state index contributed by atoms with van der Waals surface area (Å²) in [6.45, 7) is -0.0756. The van der Waals surface area contributed by atoms with Crippen LogP contribution in [0.3, 0.4) is 0 Å². The highest BCUT2D eigenvalue weighted by molar-refractivity contribution is 6.39. The number of hydrogen-bond acceptors (Lipinski definition) is 6. The second-order valence-corrected chi connectivity index (χ2v) is 7.11. The molecule has 0 radical (unpaired) electrons. The molecule has 8 nitrogen and oxygen atoms in total. The number of hydrogen-bond donors (Lipinski definition) is 3. The Morgan fingerprint density at radius 3 is 2.40 bits per heavy atom. The van der Waals surface area contributed by atoms with Crippen LogP contribution < -0.4 is 24.8 Å². The summed E-state index contributed by atoms with van der Waals surface area (Å²) >= 11 is 0. The van der Waals surface area contributed by atoms with Crippen molar-refractivity contribution in [2.24, 2.45) is 0 Å². The maximum absolute atomic E-state index is 12.4. The Morgan fingerprint density at radius 2 is 1.70 bits per heavy atom. The van der Waals surface area contributed by atoms with Crippen molar-refractivity contribution in [1.82, 2.24) is 5.32 Å². The molecule has 1 aliphatic rings. The molecule has 0 saturated heterocycles. The molecule has 1 aliphatic carbocycles. The van der Waals surface area contributed by atoms with E-state index >= 15 is 0 Å². The fourth-order valence-corrected chi connectivity index (χ4v) is 3.65. The number of aliphatic hydroxyl groups is 1. The summed E-state index contributed by atoms with van der Waals surface area (Å²) in [6, 6.07) is 10.3. The molecule has 0 saturated carbocycles. The summed E-state index contributed by atoms with van der Waals surface area (Å²) in [4.78, 5) is 24.7. The van der Waals surface area contributed by atoms with E-state index in [-0.39, 0.29) is 6.54 Å². The fourth-order valence-electron chi connectivity index (χ4n) is 3.65. The first-order chi connectivity index (χ1) is 14.4. The Morgan fingerprint density at radius 1 is 1.00 bits per heavy atom. The second-order valence-electron chi connectivity index (χ2n) is 7.11. The minimum atomic E-state index is -1.25. The molecule has 0 aromatic heterocycles. The van der Waals surface area contributed by atoms with Gasteiger partial charge < -0.3 is 30.0 Å². The lowest BCUT2D eigenvalue weighted by Crippen LogP contribution is -2.46. The third kappa shape index (κ3) is 4.49. The molecular weight excluding hydrogens is 388 g/mol. The highest BCUT2D eigenvalue weighted by Gasteiger charge is 2.35. The highest BCUT2D eigenvalue weighted by atomic mass is 16.5. The van der Waals surface area contributed by atoms with Crippen molar-refractivity contribution < 1.29 is 28.9 Å². The largest absolute Gasteiger partial charge is 0.497 e. The molecule has 0 spiro atoms. The van der Waals surface area contributed by atoms with Crippen molar-refractivity contribution in [2.75, 3.05) is 33.2 Å². The summed E-state index contributed by atoms with van der Waals surface area (Å²) in [5, 5.41) is 16.2. The van der Waals surface area contributed by atoms with Gasteiger partial charge in [-0.1, -0.05) is 6.07 Å². The lowest BCUT2D eigenvalue weighted by atomic mass is 9.79. The molecule has 1 atom stereocenters. The van der Waals surface area contributed by atoms with E-state index in [4.69, 9.17) is 14.2 Å². The molecular formula is C22H26N2O6. The maximum Gasteiger partial charge on any atom is 0.313 e. The van der Waals surface area contributed by atoms with Crippen LogP contribution in [-0.2, 0) is 21.6 Å². The zero-order chi connectivity index (χ0) is 21.7. The summed E-state index contributed by atoms with van der Waals surface area (Å²) in [5.41, 5.74) is 0.780. The van der Waals surface area contributed by atoms with Gasteiger partial charge in [0.15, 0.2) is 0 Å². The minimum absolute atomic E-state index is 0.0756. The van der Waals surface area contributed by atoms with Gasteiger partial charge in [0.2, 0.25) is 0 Å². The lowest BCUT2D eigenvalue weighted by molar-refractivity contribution is -0.137. The Balaban J connectivity index is 1.68. The van der Waals surface area contributed by atoms with Crippen LogP contribution >= 0.6 is 0 Å². The van der Waals surface area contributed by atoms with Crippen molar-refractivity contribution in [1.29, 1.82) is 0 Å². The van der Waals surface area contributed by atoms with E-state index in [9.17, 15) is 14.7 Å². The number of amides is 2. The monoisotopic (exact) mass is 414 g/mol. The van der Waals surface area contributed by atoms with Gasteiger partial charge in [-0.05, 0) is 54.7 Å². The molecule has 0 heterocycles. The Hall–Kier alpha value is -3.26. The first-order valence-corrected chi connectivity index (χ1v) is 9.61. The predicted octanol–water partition coefficient (Wildman–Crippen LogP) is 1.99. The Bertz CT molecular complexity index is 945. The number of methoxy groups -OCH3 is 3. The number of rotatable bonds is 6. The van der Waals surface area contributed by atoms with Gasteiger partial charge in [0.25, 0.3) is 0 Å². The summed E-state index contributed by atoms with van der Waals surface area (Å²) < 4.78 is 15.6. The van der Waals surface area contributed by atoms with Gasteiger partial charge in [0.1, 0.15) is 22.8 Å². The number of benzene rings is 2. The molecule has 3 rings (SSSR count). The van der Waals surface area contributed by atoms with Gasteiger partial charge in [0, 0.05) is 6.07 Å². The van der Waals surface area contributed by atoms with Crippen molar-refractivity contribution in [3.05, 3.63) is 47.5 Å². The molecule has 2 amide bonds. The first kappa shape index (κ1) is 21.4. The predicted molar refractivity (Wildman–Crippen MR) is 111 cm³/mol. The zero-order valence-electron chi connectivity index (χ0n) is 17.3. The topological polar surface area (TPSA) is 106 Å². The van der Waals surface area contributed by atoms with Crippen LogP contribution in [0.4, 0.5) is 5.69 Å². The van der Waals surface area contributed by atoms with E-state index in [0.29, 0.717) is 29.4 Å². The number of ether oxygens (including phenoxy) is 3. The number of nitrogens with one attached hydrogen (secondary N) is 2. The molecule has 0 bridgehead atoms. The van der Waals surface area contributed by atoms with E-state index in [1.165, 1.54) is 14.2 Å². The van der Waals surface area contributed by atoms with Crippen molar-refractivity contribution in [2.45, 2.75) is 24.9 Å². The van der Waals surface area contributed by atoms with Crippen LogP contribution in [0.15, 0.2) is 36.4 Å². The van der Waals surface area contributed by atoms with E-state index in [2.05, 4.69) is 10.6 Å². The molecule has 2 aromatic carbocycles. The average molecular weight is 414 g/mol. The van der Waals surface area contributed by atoms with Crippen LogP contribution in [0.2, 0.25) is 0 Å². The van der Waals surface area contributed by atoms with Gasteiger partial charge in [-0.25, -0.2) is 0 Å². The van der Waals surface area contributed by atoms with E-state index in [0.717, 1.165) is 24.0 Å². The van der Waals surface area contributed by atoms with Crippen LogP contribution in [0.1, 0.15) is 24.0 Å². The quantitative estimate of drug-likeness (QED) is 0.625. The van der Waals surface area contributed by atoms with Gasteiger partial charge in [-0.2, -0.15) is 0 Å². The smallest absolute Gasteiger partial charge is 0.313 e. The molecule has 0 fully saturated rings. The van der Waals surface area contributed by atoms with E-state index in [1.807, 2.05) is 6.07 Å². The van der Waals surface area contributed by atoms with Crippen molar-refractivity contribution in [3.63, 3.8) is 0 Å². The molecule has 0 aliphatic heterocycles. The molecule has 30 heavy (non-hydrogen) atoms. The number of carbonyl (C=O) groups is 2. The summed E-state index contributed by atoms with van der Waals surface area (Å²) in [5.74, 6) is -0.0979. The van der Waals surface area contributed by atoms with Crippen molar-refractivity contribution >= 4 is 17.5 Å². The van der Waals surface area contributed by atoms with Crippen LogP contribution in [0, 0.1) is 0 Å². The number of anilines is 1. The number of fused-ring (bicyclic) bond motifs is 1. The lowest BCUT2D eigenvalue weighted by Gasteiger charge is -2.34. The van der Waals surface area contributed by atoms with Gasteiger partial charge in [-0.3, -0.25) is 9.59 Å². The molecule has 3 N–H and O–H groups in total. The minimum Gasteiger partial charge on any atom is -0.497 e. The molecule has 160 valence electrons. The second kappa shape index (κ2) is 9.04. The average Bonchev–Trinajstić information content (AvgIpc) is 2.77. The summed E-state index contributed by atoms with van der Waals surface area (Å²) in [7, 11) is 4.55. The number of aryl methyl sites for hydroxylation is 1. The maximum atomic E-state index is 12.4. The highest BCUT2D eigenvalue weighted by Crippen LogP contribution is 2.36. The van der Waals surface area contributed by atoms with Crippen LogP contribution in [0.25, 0.3) is 0 Å². The first-order valence-electron chi connectivity index (χ1n) is 9.61. The summed E-state index contributed by atoms with van der Waals surface area (Å²) in [6.07, 6.45) is 2.07. The molecule has 8 heteroatoms. The molecule has 2 aromatic rings. The van der Waals surface area contributed by atoms with Crippen molar-refractivity contribution in [3.8, 4) is 17.2 Å². The third-order valence-electron chi connectivity index (χ3n) is 5.25. The SMILES string of the molecule is COc1ccc2c(c1)CCCC2(O)CNC(=O)C(=O)Nc1cc(OC)ccc1OC. The van der Waals surface area contributed by atoms with Gasteiger partial charge in [0.05, 0.1) is 33.6 Å². The fraction of sp³-hybridized carbons (Fsp3) is 0.364. The van der Waals surface area contributed by atoms with E-state index < -0.39 is 17.4 Å². The standard InChI is InChI=1S/C22H26N2O6/c1-28-15-6-8-17-14(11-15)5-4-10-22(17,27)13-23-20(25)21(26)24-18-12-16(29-2)7-9-19(18)30-3/h6-9,11-12,27H,4-5,10,13H2,1-3H3,(H,23,25)(H,24,26). The number of carbonyl (C=O) groups excluding carboxylic acids is 2. The Kier molecular flexibility index (Phi) is 6.47. The van der Waals surface area contributed by atoms with Crippen LogP contribution in [-0.4, -0.2) is 44.8 Å². The molecule has 1 unspecified atom stereocenters. The van der Waals surface area contributed by atoms with Gasteiger partial charge >= 0.3 is 11.8 Å². The Labute approximate surface area is 175 Å². The van der Waals surface area contributed by atoms with Gasteiger partial charge in [-0.15, -0.1) is 0 Å². The van der Waals surface area contributed by atoms with Crippen LogP contribution in [0.5, 0.6) is 17.2 Å².